The van der Waals surface area contributed by atoms with Gasteiger partial charge in [0.25, 0.3) is 5.69 Å². The van der Waals surface area contributed by atoms with Gasteiger partial charge in [0.05, 0.1) is 16.2 Å². The Hall–Kier alpha value is -3.61. The maximum absolute atomic E-state index is 12.7. The van der Waals surface area contributed by atoms with Gasteiger partial charge >= 0.3 is 0 Å². The zero-order valence-corrected chi connectivity index (χ0v) is 13.2. The Bertz CT molecular complexity index is 960. The van der Waals surface area contributed by atoms with Crippen LogP contribution in [0.4, 0.5) is 5.69 Å². The van der Waals surface area contributed by atoms with Crippen LogP contribution in [-0.4, -0.2) is 26.3 Å². The van der Waals surface area contributed by atoms with E-state index in [2.05, 4.69) is 5.10 Å². The van der Waals surface area contributed by atoms with Gasteiger partial charge in [-0.25, -0.2) is 4.68 Å². The van der Waals surface area contributed by atoms with E-state index in [9.17, 15) is 19.7 Å². The third-order valence-corrected chi connectivity index (χ3v) is 3.65. The number of ketones is 2. The van der Waals surface area contributed by atoms with Gasteiger partial charge in [0.1, 0.15) is 5.69 Å². The second kappa shape index (κ2) is 6.48. The molecule has 7 heteroatoms. The number of nitro benzene ring substituents is 1. The Morgan fingerprint density at radius 3 is 2.24 bits per heavy atom. The molecule has 0 aliphatic heterocycles. The Balaban J connectivity index is 2.04. The summed E-state index contributed by atoms with van der Waals surface area (Å²) in [6.07, 6.45) is 1.47. The van der Waals surface area contributed by atoms with Crippen molar-refractivity contribution < 1.29 is 14.5 Å². The van der Waals surface area contributed by atoms with Crippen molar-refractivity contribution in [3.63, 3.8) is 0 Å². The van der Waals surface area contributed by atoms with Crippen molar-refractivity contribution in [3.05, 3.63) is 87.7 Å². The molecule has 1 heterocycles. The number of aromatic nitrogens is 2. The lowest BCUT2D eigenvalue weighted by Gasteiger charge is -2.00. The fraction of sp³-hybridized carbons (Fsp3) is 0.0556. The lowest BCUT2D eigenvalue weighted by Crippen LogP contribution is -2.06. The van der Waals surface area contributed by atoms with Crippen molar-refractivity contribution >= 4 is 17.3 Å². The molecule has 0 unspecified atom stereocenters. The molecule has 25 heavy (non-hydrogen) atoms. The summed E-state index contributed by atoms with van der Waals surface area (Å²) in [5.74, 6) is -0.640. The molecule has 0 saturated carbocycles. The number of nitrogens with zero attached hydrogens (tertiary/aromatic N) is 3. The van der Waals surface area contributed by atoms with Crippen LogP contribution in [0.1, 0.15) is 33.3 Å². The van der Waals surface area contributed by atoms with E-state index in [1.165, 1.54) is 42.1 Å². The molecule has 0 saturated heterocycles. The van der Waals surface area contributed by atoms with Gasteiger partial charge in [0.15, 0.2) is 11.6 Å². The van der Waals surface area contributed by atoms with E-state index >= 15 is 0 Å². The highest BCUT2D eigenvalue weighted by Gasteiger charge is 2.21. The van der Waals surface area contributed by atoms with Crippen LogP contribution in [0, 0.1) is 10.1 Å². The van der Waals surface area contributed by atoms with Crippen molar-refractivity contribution in [2.75, 3.05) is 0 Å². The first-order valence-electron chi connectivity index (χ1n) is 7.42. The molecule has 3 aromatic rings. The molecule has 7 nitrogen and oxygen atoms in total. The smallest absolute Gasteiger partial charge is 0.269 e. The number of carbonyl (C=O) groups is 2. The number of benzene rings is 2. The van der Waals surface area contributed by atoms with Crippen molar-refractivity contribution in [1.29, 1.82) is 0 Å². The lowest BCUT2D eigenvalue weighted by molar-refractivity contribution is -0.384. The first-order valence-corrected chi connectivity index (χ1v) is 7.42. The van der Waals surface area contributed by atoms with Crippen molar-refractivity contribution in [3.8, 4) is 5.69 Å². The van der Waals surface area contributed by atoms with E-state index < -0.39 is 4.92 Å². The zero-order valence-electron chi connectivity index (χ0n) is 13.2. The van der Waals surface area contributed by atoms with Gasteiger partial charge in [0, 0.05) is 30.8 Å². The number of Topliss-reactive ketones (excluding diaryl/α,β-unsaturated/α-hetero) is 1. The third-order valence-electron chi connectivity index (χ3n) is 3.65. The number of non-ortho nitro benzene ring substituents is 1. The van der Waals surface area contributed by atoms with Gasteiger partial charge in [-0.05, 0) is 12.1 Å². The quantitative estimate of drug-likeness (QED) is 0.405. The van der Waals surface area contributed by atoms with Crippen LogP contribution < -0.4 is 0 Å². The van der Waals surface area contributed by atoms with E-state index in [1.54, 1.807) is 30.3 Å². The molecule has 0 N–H and O–H groups in total. The minimum absolute atomic E-state index is 0.0525. The average molecular weight is 335 g/mol. The summed E-state index contributed by atoms with van der Waals surface area (Å²) >= 11 is 0. The standard InChI is InChI=1S/C18H13N3O4/c1-12(22)17-16(18(23)13-5-3-2-4-6-13)11-20(19-17)14-7-9-15(10-8-14)21(24)25/h2-11H,1H3. The molecule has 0 amide bonds. The van der Waals surface area contributed by atoms with Crippen LogP contribution >= 0.6 is 0 Å². The number of nitro groups is 1. The lowest BCUT2D eigenvalue weighted by atomic mass is 10.0. The molecule has 0 aliphatic carbocycles. The highest BCUT2D eigenvalue weighted by Crippen LogP contribution is 2.19. The van der Waals surface area contributed by atoms with Crippen molar-refractivity contribution in [2.45, 2.75) is 6.92 Å². The summed E-state index contributed by atoms with van der Waals surface area (Å²) in [7, 11) is 0. The Kier molecular flexibility index (Phi) is 4.21. The summed E-state index contributed by atoms with van der Waals surface area (Å²) in [5, 5.41) is 14.9. The van der Waals surface area contributed by atoms with Crippen molar-refractivity contribution in [1.82, 2.24) is 9.78 Å². The van der Waals surface area contributed by atoms with E-state index in [0.717, 1.165) is 0 Å². The highest BCUT2D eigenvalue weighted by molar-refractivity contribution is 6.14. The van der Waals surface area contributed by atoms with Gasteiger partial charge in [-0.1, -0.05) is 30.3 Å². The summed E-state index contributed by atoms with van der Waals surface area (Å²) in [4.78, 5) is 34.8. The molecule has 0 bridgehead atoms. The van der Waals surface area contributed by atoms with Crippen molar-refractivity contribution in [2.24, 2.45) is 0 Å². The second-order valence-corrected chi connectivity index (χ2v) is 5.36. The van der Waals surface area contributed by atoms with E-state index in [-0.39, 0.29) is 28.5 Å². The van der Waals surface area contributed by atoms with Gasteiger partial charge in [-0.2, -0.15) is 5.10 Å². The van der Waals surface area contributed by atoms with Gasteiger partial charge in [-0.15, -0.1) is 0 Å². The first-order chi connectivity index (χ1) is 12.0. The van der Waals surface area contributed by atoms with Crippen LogP contribution in [0.2, 0.25) is 0 Å². The van der Waals surface area contributed by atoms with E-state index in [0.29, 0.717) is 11.3 Å². The van der Waals surface area contributed by atoms with Crippen LogP contribution in [0.25, 0.3) is 5.69 Å². The topological polar surface area (TPSA) is 95.1 Å². The number of hydrogen-bond donors (Lipinski definition) is 0. The SMILES string of the molecule is CC(=O)c1nn(-c2ccc([N+](=O)[O-])cc2)cc1C(=O)c1ccccc1. The van der Waals surface area contributed by atoms with Gasteiger partial charge in [0.2, 0.25) is 0 Å². The van der Waals surface area contributed by atoms with Crippen LogP contribution in [0.3, 0.4) is 0 Å². The normalized spacial score (nSPS) is 10.4. The maximum atomic E-state index is 12.7. The molecular formula is C18H13N3O4. The summed E-state index contributed by atoms with van der Waals surface area (Å²) in [6, 6.07) is 14.3. The Labute approximate surface area is 142 Å². The maximum Gasteiger partial charge on any atom is 0.269 e. The Morgan fingerprint density at radius 1 is 1.04 bits per heavy atom. The molecule has 0 atom stereocenters. The largest absolute Gasteiger partial charge is 0.293 e. The monoisotopic (exact) mass is 335 g/mol. The molecule has 0 spiro atoms. The van der Waals surface area contributed by atoms with E-state index in [4.69, 9.17) is 0 Å². The molecular weight excluding hydrogens is 322 g/mol. The number of rotatable bonds is 5. The predicted molar refractivity (Wildman–Crippen MR) is 90.1 cm³/mol. The third kappa shape index (κ3) is 3.20. The zero-order chi connectivity index (χ0) is 18.0. The molecule has 0 radical (unpaired) electrons. The number of carbonyl (C=O) groups excluding carboxylic acids is 2. The predicted octanol–water partition coefficient (Wildman–Crippen LogP) is 3.21. The fourth-order valence-corrected chi connectivity index (χ4v) is 2.40. The van der Waals surface area contributed by atoms with Crippen LogP contribution in [-0.2, 0) is 0 Å². The minimum Gasteiger partial charge on any atom is -0.293 e. The van der Waals surface area contributed by atoms with E-state index in [1.807, 2.05) is 0 Å². The molecule has 0 aliphatic rings. The fourth-order valence-electron chi connectivity index (χ4n) is 2.40. The second-order valence-electron chi connectivity index (χ2n) is 5.36. The minimum atomic E-state index is -0.502. The first kappa shape index (κ1) is 16.3. The highest BCUT2D eigenvalue weighted by atomic mass is 16.6. The molecule has 2 aromatic carbocycles. The summed E-state index contributed by atoms with van der Waals surface area (Å²) < 4.78 is 1.37. The molecule has 124 valence electrons. The summed E-state index contributed by atoms with van der Waals surface area (Å²) in [5.41, 5.74) is 1.17. The molecule has 1 aromatic heterocycles. The van der Waals surface area contributed by atoms with Crippen LogP contribution in [0.15, 0.2) is 60.8 Å². The Morgan fingerprint density at radius 2 is 1.68 bits per heavy atom. The average Bonchev–Trinajstić information content (AvgIpc) is 3.07. The van der Waals surface area contributed by atoms with Gasteiger partial charge in [-0.3, -0.25) is 19.7 Å². The molecule has 3 rings (SSSR count). The van der Waals surface area contributed by atoms with Gasteiger partial charge < -0.3 is 0 Å². The molecule has 0 fully saturated rings. The summed E-state index contributed by atoms with van der Waals surface area (Å²) in [6.45, 7) is 1.34. The van der Waals surface area contributed by atoms with Crippen LogP contribution in [0.5, 0.6) is 0 Å². The number of hydrogen-bond acceptors (Lipinski definition) is 5.